The van der Waals surface area contributed by atoms with Crippen LogP contribution in [0.3, 0.4) is 0 Å². The molecule has 0 aliphatic heterocycles. The summed E-state index contributed by atoms with van der Waals surface area (Å²) < 4.78 is 0. The van der Waals surface area contributed by atoms with Crippen LogP contribution in [0.15, 0.2) is 145 Å². The molecule has 0 spiro atoms. The molecule has 2 bridgehead atoms. The van der Waals surface area contributed by atoms with E-state index < -0.39 is 17.1 Å². The number of fused-ring (bicyclic) bond motifs is 8. The molecule has 3 N–H and O–H groups in total. The van der Waals surface area contributed by atoms with Crippen molar-refractivity contribution in [2.24, 2.45) is 5.41 Å². The van der Waals surface area contributed by atoms with Crippen molar-refractivity contribution in [3.8, 4) is 11.1 Å². The highest BCUT2D eigenvalue weighted by molar-refractivity contribution is 6.10. The second-order valence-electron chi connectivity index (χ2n) is 16.6. The molecule has 0 saturated heterocycles. The monoisotopic (exact) mass is 760 g/mol. The number of carbonyl (C=O) groups excluding carboxylic acids is 2. The number of allylic oxidation sites excluding steroid dienone is 2. The first-order valence-electron chi connectivity index (χ1n) is 20.6. The van der Waals surface area contributed by atoms with Crippen molar-refractivity contribution in [1.82, 2.24) is 10.2 Å². The van der Waals surface area contributed by atoms with Crippen LogP contribution in [0, 0.1) is 5.41 Å². The summed E-state index contributed by atoms with van der Waals surface area (Å²) in [5.41, 5.74) is 6.44. The lowest BCUT2D eigenvalue weighted by Gasteiger charge is -2.46. The first-order valence-corrected chi connectivity index (χ1v) is 20.6. The van der Waals surface area contributed by atoms with Crippen molar-refractivity contribution in [2.45, 2.75) is 95.9 Å². The Morgan fingerprint density at radius 1 is 0.825 bits per heavy atom. The molecule has 6 heteroatoms. The van der Waals surface area contributed by atoms with E-state index in [1.54, 1.807) is 4.90 Å². The average Bonchev–Trinajstić information content (AvgIpc) is 3.48. The molecule has 5 unspecified atom stereocenters. The zero-order valence-corrected chi connectivity index (χ0v) is 33.5. The molecule has 0 aromatic heterocycles. The molecule has 6 nitrogen and oxygen atoms in total. The molecule has 0 radical (unpaired) electrons. The molecular formula is C51H56N2O4. The summed E-state index contributed by atoms with van der Waals surface area (Å²) in [7, 11) is 0. The van der Waals surface area contributed by atoms with Crippen LogP contribution in [-0.4, -0.2) is 45.2 Å². The maximum atomic E-state index is 14.7. The number of amides is 2. The normalized spacial score (nSPS) is 22.8. The second kappa shape index (κ2) is 17.5. The largest absolute Gasteiger partial charge is 0.393 e. The minimum Gasteiger partial charge on any atom is -0.393 e. The molecule has 3 aliphatic carbocycles. The van der Waals surface area contributed by atoms with E-state index in [-0.39, 0.29) is 30.3 Å². The molecule has 0 heterocycles. The lowest BCUT2D eigenvalue weighted by molar-refractivity contribution is -0.0781. The summed E-state index contributed by atoms with van der Waals surface area (Å²) >= 11 is 0. The predicted octanol–water partition coefficient (Wildman–Crippen LogP) is 10.6. The fourth-order valence-corrected chi connectivity index (χ4v) is 9.22. The quantitative estimate of drug-likeness (QED) is 0.103. The number of nitrogens with zero attached hydrogens (tertiary/aromatic N) is 1. The topological polar surface area (TPSA) is 89.9 Å². The number of nitrogens with one attached hydrogen (secondary N) is 1. The van der Waals surface area contributed by atoms with Gasteiger partial charge >= 0.3 is 6.03 Å². The minimum atomic E-state index is -1.26. The summed E-state index contributed by atoms with van der Waals surface area (Å²) in [4.78, 5) is 30.8. The minimum absolute atomic E-state index is 0.0680. The number of hydrogen-bond acceptors (Lipinski definition) is 4. The zero-order valence-electron chi connectivity index (χ0n) is 33.5. The molecule has 5 aromatic rings. The van der Waals surface area contributed by atoms with Crippen LogP contribution in [-0.2, 0) is 13.0 Å². The van der Waals surface area contributed by atoms with E-state index in [1.807, 2.05) is 116 Å². The van der Waals surface area contributed by atoms with E-state index in [1.165, 1.54) is 5.57 Å². The molecule has 1 saturated carbocycles. The number of hydrogen-bond donors (Lipinski definition) is 3. The maximum absolute atomic E-state index is 14.7. The second-order valence-corrected chi connectivity index (χ2v) is 16.6. The fraction of sp³-hybridized carbons (Fsp3) is 0.333. The van der Waals surface area contributed by atoms with Gasteiger partial charge in [0.25, 0.3) is 0 Å². The Bertz CT molecular complexity index is 2170. The highest BCUT2D eigenvalue weighted by Crippen LogP contribution is 2.59. The summed E-state index contributed by atoms with van der Waals surface area (Å²) in [5, 5.41) is 27.5. The summed E-state index contributed by atoms with van der Waals surface area (Å²) in [6.45, 7) is 6.76. The van der Waals surface area contributed by atoms with Crippen LogP contribution in [0.1, 0.15) is 109 Å². The third-order valence-corrected chi connectivity index (χ3v) is 12.8. The molecule has 5 atom stereocenters. The Kier molecular flexibility index (Phi) is 12.2. The van der Waals surface area contributed by atoms with Crippen molar-refractivity contribution >= 4 is 11.8 Å². The van der Waals surface area contributed by atoms with Crippen LogP contribution in [0.4, 0.5) is 4.79 Å². The van der Waals surface area contributed by atoms with Gasteiger partial charge < -0.3 is 20.4 Å². The Morgan fingerprint density at radius 3 is 2.18 bits per heavy atom. The Labute approximate surface area is 338 Å². The number of carbonyl (C=O) groups is 2. The average molecular weight is 761 g/mol. The third-order valence-electron chi connectivity index (χ3n) is 12.8. The zero-order chi connectivity index (χ0) is 40.0. The highest BCUT2D eigenvalue weighted by atomic mass is 16.3. The standard InChI is InChI=1S/C51H56N2O4/c1-36-14-13-30-50(3)47(29-31-51(50,57)35-53(34-38-15-7-4-8-16-38)49(56)52-37(2)40-17-9-5-10-18-40)45-28-22-39(32-44(54)27-21-36)33-46(45)48(55)43-25-23-42(24-26-43)41-19-11-6-12-20-41/h4-12,14-20,22-26,28,33,37,44,47,54,57H,13,21,27,29-32,34-35H2,1-3H3,(H,52,56). The molecule has 5 aromatic carbocycles. The Morgan fingerprint density at radius 2 is 1.47 bits per heavy atom. The van der Waals surface area contributed by atoms with Gasteiger partial charge in [0.2, 0.25) is 0 Å². The van der Waals surface area contributed by atoms with E-state index >= 15 is 0 Å². The number of benzene rings is 5. The lowest BCUT2D eigenvalue weighted by Crippen LogP contribution is -2.55. The highest BCUT2D eigenvalue weighted by Gasteiger charge is 2.57. The van der Waals surface area contributed by atoms with Gasteiger partial charge in [-0.1, -0.05) is 146 Å². The van der Waals surface area contributed by atoms with E-state index in [0.717, 1.165) is 46.2 Å². The molecule has 2 amide bonds. The maximum Gasteiger partial charge on any atom is 0.318 e. The third kappa shape index (κ3) is 8.98. The molecular weight excluding hydrogens is 705 g/mol. The molecule has 57 heavy (non-hydrogen) atoms. The number of aliphatic hydroxyl groups excluding tert-OH is 1. The summed E-state index contributed by atoms with van der Waals surface area (Å²) in [5.74, 6) is -0.230. The first kappa shape index (κ1) is 39.9. The first-order chi connectivity index (χ1) is 27.5. The van der Waals surface area contributed by atoms with E-state index in [0.29, 0.717) is 49.8 Å². The molecule has 1 fully saturated rings. The van der Waals surface area contributed by atoms with Gasteiger partial charge in [0.05, 0.1) is 24.3 Å². The van der Waals surface area contributed by atoms with Gasteiger partial charge in [0.15, 0.2) is 5.78 Å². The molecule has 8 rings (SSSR count). The Balaban J connectivity index is 1.26. The van der Waals surface area contributed by atoms with Gasteiger partial charge in [-0.25, -0.2) is 4.79 Å². The van der Waals surface area contributed by atoms with Crippen molar-refractivity contribution in [3.05, 3.63) is 178 Å². The van der Waals surface area contributed by atoms with Crippen LogP contribution in [0.2, 0.25) is 0 Å². The number of aliphatic hydroxyl groups is 2. The summed E-state index contributed by atoms with van der Waals surface area (Å²) in [6, 6.07) is 43.5. The molecule has 294 valence electrons. The van der Waals surface area contributed by atoms with Gasteiger partial charge in [-0.2, -0.15) is 0 Å². The van der Waals surface area contributed by atoms with Gasteiger partial charge in [-0.05, 0) is 104 Å². The summed E-state index contributed by atoms with van der Waals surface area (Å²) in [6.07, 6.45) is 6.11. The van der Waals surface area contributed by atoms with Crippen molar-refractivity contribution in [3.63, 3.8) is 0 Å². The van der Waals surface area contributed by atoms with Gasteiger partial charge in [0.1, 0.15) is 0 Å². The SMILES string of the molecule is CC1=CCCC2(C)C(CCC2(O)CN(Cc2ccccc2)C(=O)NC(C)c2ccccc2)c2ccc(cc2C(=O)c2ccc(-c3ccccc3)cc2)CC(O)CC1. The predicted molar refractivity (Wildman–Crippen MR) is 229 cm³/mol. The van der Waals surface area contributed by atoms with Gasteiger partial charge in [0, 0.05) is 23.1 Å². The van der Waals surface area contributed by atoms with Crippen molar-refractivity contribution in [2.75, 3.05) is 6.54 Å². The van der Waals surface area contributed by atoms with E-state index in [9.17, 15) is 19.8 Å². The van der Waals surface area contributed by atoms with Crippen LogP contribution in [0.5, 0.6) is 0 Å². The number of ketones is 1. The lowest BCUT2D eigenvalue weighted by atomic mass is 9.64. The number of rotatable bonds is 9. The van der Waals surface area contributed by atoms with Crippen molar-refractivity contribution < 1.29 is 19.8 Å². The van der Waals surface area contributed by atoms with Crippen LogP contribution in [0.25, 0.3) is 11.1 Å². The van der Waals surface area contributed by atoms with Crippen LogP contribution < -0.4 is 5.32 Å². The Hall–Kier alpha value is -5.30. The molecule has 3 aliphatic rings. The number of urea groups is 1. The van der Waals surface area contributed by atoms with Gasteiger partial charge in [-0.15, -0.1) is 0 Å². The van der Waals surface area contributed by atoms with E-state index in [2.05, 4.69) is 49.5 Å². The van der Waals surface area contributed by atoms with Gasteiger partial charge in [-0.3, -0.25) is 4.79 Å². The van der Waals surface area contributed by atoms with Crippen molar-refractivity contribution in [1.29, 1.82) is 0 Å². The smallest absolute Gasteiger partial charge is 0.318 e. The fourth-order valence-electron chi connectivity index (χ4n) is 9.22. The van der Waals surface area contributed by atoms with Crippen LogP contribution >= 0.6 is 0 Å². The van der Waals surface area contributed by atoms with E-state index in [4.69, 9.17) is 0 Å².